The first kappa shape index (κ1) is 14.4. The van der Waals surface area contributed by atoms with E-state index in [0.29, 0.717) is 0 Å². The summed E-state index contributed by atoms with van der Waals surface area (Å²) in [6.45, 7) is 3.39. The third kappa shape index (κ3) is 4.26. The van der Waals surface area contributed by atoms with Crippen molar-refractivity contribution in [2.24, 2.45) is 23.7 Å². The molecule has 106 valence electrons. The van der Waals surface area contributed by atoms with Crippen LogP contribution in [0.25, 0.3) is 0 Å². The predicted molar refractivity (Wildman–Crippen MR) is 77.7 cm³/mol. The lowest BCUT2D eigenvalue weighted by molar-refractivity contribution is 0.138. The predicted octanol–water partition coefficient (Wildman–Crippen LogP) is 5.05. The van der Waals surface area contributed by atoms with Crippen LogP contribution < -0.4 is 0 Å². The van der Waals surface area contributed by atoms with Gasteiger partial charge in [0.1, 0.15) is 0 Å². The first-order valence-electron chi connectivity index (χ1n) is 8.28. The molecule has 2 saturated carbocycles. The number of methoxy groups -OCH3 is 1. The van der Waals surface area contributed by atoms with Crippen molar-refractivity contribution in [1.82, 2.24) is 0 Å². The summed E-state index contributed by atoms with van der Waals surface area (Å²) in [4.78, 5) is 0. The molecule has 2 rings (SSSR count). The Morgan fingerprint density at radius 1 is 0.833 bits per heavy atom. The van der Waals surface area contributed by atoms with E-state index in [9.17, 15) is 0 Å². The molecule has 0 spiro atoms. The van der Waals surface area contributed by atoms with Gasteiger partial charge in [-0.3, -0.25) is 0 Å². The van der Waals surface area contributed by atoms with E-state index in [1.165, 1.54) is 64.2 Å². The minimum atomic E-state index is 0.959. The molecule has 0 aliphatic heterocycles. The van der Waals surface area contributed by atoms with E-state index in [1.54, 1.807) is 0 Å². The average molecular weight is 252 g/mol. The van der Waals surface area contributed by atoms with Crippen molar-refractivity contribution < 1.29 is 4.74 Å². The number of ether oxygens (including phenoxy) is 1. The summed E-state index contributed by atoms with van der Waals surface area (Å²) in [6, 6.07) is 0. The molecule has 18 heavy (non-hydrogen) atoms. The molecule has 0 aromatic heterocycles. The molecule has 0 saturated heterocycles. The van der Waals surface area contributed by atoms with Crippen LogP contribution in [0.15, 0.2) is 0 Å². The molecule has 1 heteroatoms. The van der Waals surface area contributed by atoms with Gasteiger partial charge in [0.2, 0.25) is 0 Å². The highest BCUT2D eigenvalue weighted by molar-refractivity contribution is 4.81. The van der Waals surface area contributed by atoms with Crippen molar-refractivity contribution in [3.05, 3.63) is 0 Å². The van der Waals surface area contributed by atoms with Gasteiger partial charge >= 0.3 is 0 Å². The second-order valence-electron chi connectivity index (χ2n) is 6.94. The highest BCUT2D eigenvalue weighted by Gasteiger charge is 2.29. The zero-order chi connectivity index (χ0) is 12.8. The Labute approximate surface area is 114 Å². The van der Waals surface area contributed by atoms with Crippen molar-refractivity contribution >= 4 is 0 Å². The smallest absolute Gasteiger partial charge is 0.0462 e. The summed E-state index contributed by atoms with van der Waals surface area (Å²) in [7, 11) is 1.82. The van der Waals surface area contributed by atoms with Crippen molar-refractivity contribution in [3.63, 3.8) is 0 Å². The minimum absolute atomic E-state index is 0.959. The fourth-order valence-electron chi connectivity index (χ4n) is 4.22. The molecule has 1 nitrogen and oxygen atoms in total. The van der Waals surface area contributed by atoms with Gasteiger partial charge in [-0.05, 0) is 62.2 Å². The lowest BCUT2D eigenvalue weighted by Crippen LogP contribution is -2.25. The number of hydrogen-bond donors (Lipinski definition) is 0. The van der Waals surface area contributed by atoms with E-state index in [0.717, 1.165) is 30.3 Å². The van der Waals surface area contributed by atoms with Crippen LogP contribution in [-0.4, -0.2) is 13.7 Å². The maximum Gasteiger partial charge on any atom is 0.0462 e. The van der Waals surface area contributed by atoms with Crippen molar-refractivity contribution in [1.29, 1.82) is 0 Å². The summed E-state index contributed by atoms with van der Waals surface area (Å²) >= 11 is 0. The van der Waals surface area contributed by atoms with E-state index >= 15 is 0 Å². The Morgan fingerprint density at radius 3 is 1.94 bits per heavy atom. The van der Waals surface area contributed by atoms with E-state index in [-0.39, 0.29) is 0 Å². The topological polar surface area (TPSA) is 9.23 Å². The van der Waals surface area contributed by atoms with Crippen LogP contribution in [-0.2, 0) is 4.74 Å². The zero-order valence-corrected chi connectivity index (χ0v) is 12.5. The van der Waals surface area contributed by atoms with Crippen molar-refractivity contribution in [2.75, 3.05) is 13.7 Å². The van der Waals surface area contributed by atoms with Gasteiger partial charge in [-0.1, -0.05) is 32.6 Å². The van der Waals surface area contributed by atoms with Gasteiger partial charge in [0, 0.05) is 13.7 Å². The molecule has 0 aromatic rings. The molecule has 0 bridgehead atoms. The van der Waals surface area contributed by atoms with Gasteiger partial charge in [-0.15, -0.1) is 0 Å². The van der Waals surface area contributed by atoms with Crippen LogP contribution in [0.3, 0.4) is 0 Å². The molecule has 2 aliphatic rings. The Bertz CT molecular complexity index is 210. The van der Waals surface area contributed by atoms with Crippen molar-refractivity contribution in [3.8, 4) is 0 Å². The third-order valence-electron chi connectivity index (χ3n) is 5.58. The maximum atomic E-state index is 5.16. The maximum absolute atomic E-state index is 5.16. The molecule has 0 atom stereocenters. The lowest BCUT2D eigenvalue weighted by atomic mass is 9.69. The van der Waals surface area contributed by atoms with Gasteiger partial charge in [-0.2, -0.15) is 0 Å². The molecule has 0 unspecified atom stereocenters. The number of rotatable bonds is 5. The third-order valence-corrected chi connectivity index (χ3v) is 5.58. The molecular formula is C17H32O. The Hall–Kier alpha value is -0.0400. The standard InChI is InChI=1S/C17H32O/c1-14-5-9-16(10-6-14)17-11-7-15(8-12-17)4-3-13-18-2/h14-17H,3-13H2,1-2H3/t14-,15?,16-,17?. The van der Waals surface area contributed by atoms with Gasteiger partial charge in [0.15, 0.2) is 0 Å². The molecule has 0 aromatic carbocycles. The highest BCUT2D eigenvalue weighted by atomic mass is 16.5. The first-order valence-corrected chi connectivity index (χ1v) is 8.28. The molecule has 0 heterocycles. The molecule has 0 radical (unpaired) electrons. The van der Waals surface area contributed by atoms with Crippen LogP contribution in [0, 0.1) is 23.7 Å². The van der Waals surface area contributed by atoms with Crippen molar-refractivity contribution in [2.45, 2.75) is 71.1 Å². The molecule has 2 aliphatic carbocycles. The van der Waals surface area contributed by atoms with E-state index < -0.39 is 0 Å². The summed E-state index contributed by atoms with van der Waals surface area (Å²) in [6.07, 6.45) is 14.8. The van der Waals surface area contributed by atoms with Gasteiger partial charge in [0.25, 0.3) is 0 Å². The quantitative estimate of drug-likeness (QED) is 0.622. The second kappa shape index (κ2) is 7.53. The minimum Gasteiger partial charge on any atom is -0.385 e. The Morgan fingerprint density at radius 2 is 1.39 bits per heavy atom. The Balaban J connectivity index is 1.63. The lowest BCUT2D eigenvalue weighted by Gasteiger charge is -2.37. The summed E-state index contributed by atoms with van der Waals surface area (Å²) in [5.41, 5.74) is 0. The fourth-order valence-corrected chi connectivity index (χ4v) is 4.22. The van der Waals surface area contributed by atoms with Crippen LogP contribution in [0.1, 0.15) is 71.1 Å². The SMILES string of the molecule is COCCCC1CCC([C@H]2CC[C@H](C)CC2)CC1. The molecule has 2 fully saturated rings. The first-order chi connectivity index (χ1) is 8.79. The Kier molecular flexibility index (Phi) is 6.01. The molecule has 0 N–H and O–H groups in total. The van der Waals surface area contributed by atoms with Gasteiger partial charge in [0.05, 0.1) is 0 Å². The fraction of sp³-hybridized carbons (Fsp3) is 1.00. The summed E-state index contributed by atoms with van der Waals surface area (Å²) < 4.78 is 5.16. The second-order valence-corrected chi connectivity index (χ2v) is 6.94. The van der Waals surface area contributed by atoms with E-state index in [2.05, 4.69) is 6.92 Å². The number of hydrogen-bond acceptors (Lipinski definition) is 1. The van der Waals surface area contributed by atoms with Crippen LogP contribution in [0.4, 0.5) is 0 Å². The zero-order valence-electron chi connectivity index (χ0n) is 12.5. The van der Waals surface area contributed by atoms with E-state index in [4.69, 9.17) is 4.74 Å². The largest absolute Gasteiger partial charge is 0.385 e. The van der Waals surface area contributed by atoms with Gasteiger partial charge < -0.3 is 4.74 Å². The van der Waals surface area contributed by atoms with Crippen LogP contribution in [0.5, 0.6) is 0 Å². The molecular weight excluding hydrogens is 220 g/mol. The molecule has 0 amide bonds. The summed E-state index contributed by atoms with van der Waals surface area (Å²) in [5.74, 6) is 4.18. The van der Waals surface area contributed by atoms with E-state index in [1.807, 2.05) is 7.11 Å². The normalized spacial score (nSPS) is 37.7. The summed E-state index contributed by atoms with van der Waals surface area (Å²) in [5, 5.41) is 0. The van der Waals surface area contributed by atoms with Gasteiger partial charge in [-0.25, -0.2) is 0 Å². The average Bonchev–Trinajstić information content (AvgIpc) is 2.41. The monoisotopic (exact) mass is 252 g/mol. The van der Waals surface area contributed by atoms with Crippen LogP contribution >= 0.6 is 0 Å². The highest BCUT2D eigenvalue weighted by Crippen LogP contribution is 2.41. The van der Waals surface area contributed by atoms with Crippen LogP contribution in [0.2, 0.25) is 0 Å².